The smallest absolute Gasteiger partial charge is 0.164 e. The zero-order valence-corrected chi connectivity index (χ0v) is 47.3. The summed E-state index contributed by atoms with van der Waals surface area (Å²) in [6, 6.07) is 105. The zero-order valence-electron chi connectivity index (χ0n) is 47.3. The fraction of sp³-hybridized carbons (Fsp3) is 0. The van der Waals surface area contributed by atoms with E-state index in [9.17, 15) is 0 Å². The molecule has 18 rings (SSSR count). The summed E-state index contributed by atoms with van der Waals surface area (Å²) in [7, 11) is 0. The normalized spacial score (nSPS) is 11.9. The van der Waals surface area contributed by atoms with Gasteiger partial charge >= 0.3 is 0 Å². The van der Waals surface area contributed by atoms with Crippen LogP contribution in [-0.2, 0) is 0 Å². The Morgan fingerprint density at radius 1 is 0.227 bits per heavy atom. The van der Waals surface area contributed by atoms with Gasteiger partial charge in [-0.25, -0.2) is 15.0 Å². The van der Waals surface area contributed by atoms with Gasteiger partial charge in [0.05, 0.1) is 22.1 Å². The van der Waals surface area contributed by atoms with Gasteiger partial charge in [-0.1, -0.05) is 188 Å². The molecule has 410 valence electrons. The van der Waals surface area contributed by atoms with E-state index in [4.69, 9.17) is 23.8 Å². The van der Waals surface area contributed by atoms with Crippen LogP contribution in [0, 0.1) is 0 Å². The average Bonchev–Trinajstić information content (AvgIpc) is 1.66. The van der Waals surface area contributed by atoms with E-state index in [1.807, 2.05) is 30.3 Å². The molecule has 5 aromatic heterocycles. The fourth-order valence-electron chi connectivity index (χ4n) is 13.5. The SMILES string of the molecule is c1ccc(-c2nc(-c3ccc(-c4ccccc4)c4oc5ccc(-c6ccc7c(c6)c6ccccc6n7-c6ccccc6)cc5c34)nc(-c3ccc(-c4ccccc4)c4oc5ccc(-c6ccc7c(c6)c6ccccc6n7-c6ccccc6)cc5c34)n2)cc1. The second-order valence-corrected chi connectivity index (χ2v) is 22.6. The molecule has 0 spiro atoms. The van der Waals surface area contributed by atoms with Crippen LogP contribution in [0.5, 0.6) is 0 Å². The van der Waals surface area contributed by atoms with Crippen molar-refractivity contribution in [2.45, 2.75) is 0 Å². The van der Waals surface area contributed by atoms with Gasteiger partial charge in [0, 0.05) is 82.3 Å². The second-order valence-electron chi connectivity index (χ2n) is 22.6. The van der Waals surface area contributed by atoms with Crippen LogP contribution in [0.4, 0.5) is 0 Å². The van der Waals surface area contributed by atoms with Crippen molar-refractivity contribution in [2.75, 3.05) is 0 Å². The van der Waals surface area contributed by atoms with Gasteiger partial charge in [0.2, 0.25) is 0 Å². The summed E-state index contributed by atoms with van der Waals surface area (Å²) in [5.41, 5.74) is 20.8. The van der Waals surface area contributed by atoms with Crippen molar-refractivity contribution in [3.05, 3.63) is 297 Å². The van der Waals surface area contributed by atoms with Crippen molar-refractivity contribution in [1.29, 1.82) is 0 Å². The molecule has 18 aromatic rings. The summed E-state index contributed by atoms with van der Waals surface area (Å²) >= 11 is 0. The van der Waals surface area contributed by atoms with E-state index in [0.717, 1.165) is 127 Å². The highest BCUT2D eigenvalue weighted by molar-refractivity contribution is 6.19. The molecule has 0 amide bonds. The highest BCUT2D eigenvalue weighted by atomic mass is 16.3. The summed E-state index contributed by atoms with van der Waals surface area (Å²) in [5, 5.41) is 8.53. The Kier molecular flexibility index (Phi) is 11.2. The number of para-hydroxylation sites is 4. The third kappa shape index (κ3) is 7.88. The molecule has 7 heteroatoms. The maximum Gasteiger partial charge on any atom is 0.164 e. The summed E-state index contributed by atoms with van der Waals surface area (Å²) < 4.78 is 18.9. The first kappa shape index (κ1) is 49.5. The quantitative estimate of drug-likeness (QED) is 0.144. The van der Waals surface area contributed by atoms with Gasteiger partial charge in [-0.2, -0.15) is 0 Å². The standard InChI is InChI=1S/C81H49N5O2/c1-6-20-50(21-7-1)59-38-40-63(75-67-48-55(36-44-73(67)87-77(59)75)53-34-42-71-65(46-53)61-30-16-18-32-69(61)85(71)57-26-12-4-13-27-57)80-82-79(52-24-10-3-11-25-52)83-81(84-80)64-41-39-60(51-22-8-2-9-23-51)78-76(64)68-49-56(37-45-74(68)88-78)54-35-43-72-66(47-54)62-31-17-19-33-70(62)86(72)58-28-14-5-15-29-58/h1-49H. The average molecular weight is 1120 g/mol. The number of benzene rings is 13. The summed E-state index contributed by atoms with van der Waals surface area (Å²) in [6.07, 6.45) is 0. The first-order valence-electron chi connectivity index (χ1n) is 29.7. The first-order valence-corrected chi connectivity index (χ1v) is 29.7. The van der Waals surface area contributed by atoms with Gasteiger partial charge < -0.3 is 18.0 Å². The molecule has 0 aliphatic carbocycles. The fourth-order valence-corrected chi connectivity index (χ4v) is 13.5. The van der Waals surface area contributed by atoms with Crippen molar-refractivity contribution >= 4 is 87.5 Å². The summed E-state index contributed by atoms with van der Waals surface area (Å²) in [6.45, 7) is 0. The van der Waals surface area contributed by atoms with E-state index in [2.05, 4.69) is 276 Å². The monoisotopic (exact) mass is 1120 g/mol. The lowest BCUT2D eigenvalue weighted by Gasteiger charge is -2.12. The van der Waals surface area contributed by atoms with Crippen LogP contribution in [-0.4, -0.2) is 24.1 Å². The van der Waals surface area contributed by atoms with Crippen LogP contribution in [0.15, 0.2) is 306 Å². The lowest BCUT2D eigenvalue weighted by atomic mass is 9.95. The highest BCUT2D eigenvalue weighted by Crippen LogP contribution is 2.47. The maximum atomic E-state index is 7.08. The number of hydrogen-bond acceptors (Lipinski definition) is 5. The minimum atomic E-state index is 0.522. The lowest BCUT2D eigenvalue weighted by Crippen LogP contribution is -2.01. The Bertz CT molecular complexity index is 5450. The van der Waals surface area contributed by atoms with Crippen LogP contribution in [0.1, 0.15) is 0 Å². The van der Waals surface area contributed by atoms with Crippen molar-refractivity contribution in [3.8, 4) is 90.0 Å². The Labute approximate surface area is 504 Å². The molecule has 0 N–H and O–H groups in total. The van der Waals surface area contributed by atoms with Gasteiger partial charge in [-0.15, -0.1) is 0 Å². The molecule has 5 heterocycles. The van der Waals surface area contributed by atoms with Gasteiger partial charge in [-0.3, -0.25) is 0 Å². The number of hydrogen-bond donors (Lipinski definition) is 0. The van der Waals surface area contributed by atoms with Crippen LogP contribution in [0.2, 0.25) is 0 Å². The molecule has 0 aliphatic rings. The van der Waals surface area contributed by atoms with Crippen molar-refractivity contribution in [1.82, 2.24) is 24.1 Å². The molecule has 0 saturated heterocycles. The van der Waals surface area contributed by atoms with Gasteiger partial charge in [0.25, 0.3) is 0 Å². The topological polar surface area (TPSA) is 74.8 Å². The number of nitrogens with zero attached hydrogens (tertiary/aromatic N) is 5. The number of rotatable bonds is 9. The maximum absolute atomic E-state index is 7.08. The molecule has 0 bridgehead atoms. The minimum Gasteiger partial charge on any atom is -0.455 e. The molecule has 0 atom stereocenters. The Morgan fingerprint density at radius 3 is 0.989 bits per heavy atom. The third-order valence-electron chi connectivity index (χ3n) is 17.6. The van der Waals surface area contributed by atoms with Crippen LogP contribution < -0.4 is 0 Å². The molecule has 13 aromatic carbocycles. The molecular weight excluding hydrogens is 1070 g/mol. The van der Waals surface area contributed by atoms with E-state index in [1.165, 1.54) is 32.6 Å². The predicted octanol–water partition coefficient (Wildman–Crippen LogP) is 21.5. The van der Waals surface area contributed by atoms with E-state index in [-0.39, 0.29) is 0 Å². The Balaban J connectivity index is 0.852. The Hall–Kier alpha value is -11.9. The molecule has 0 aliphatic heterocycles. The Morgan fingerprint density at radius 2 is 0.557 bits per heavy atom. The second kappa shape index (κ2) is 19.8. The van der Waals surface area contributed by atoms with Crippen molar-refractivity contribution in [3.63, 3.8) is 0 Å². The number of fused-ring (bicyclic) bond motifs is 12. The molecule has 0 saturated carbocycles. The van der Waals surface area contributed by atoms with Crippen LogP contribution in [0.3, 0.4) is 0 Å². The van der Waals surface area contributed by atoms with E-state index in [1.54, 1.807) is 0 Å². The van der Waals surface area contributed by atoms with Gasteiger partial charge in [0.1, 0.15) is 22.3 Å². The van der Waals surface area contributed by atoms with E-state index < -0.39 is 0 Å². The predicted molar refractivity (Wildman–Crippen MR) is 361 cm³/mol. The summed E-state index contributed by atoms with van der Waals surface area (Å²) in [5.74, 6) is 1.59. The lowest BCUT2D eigenvalue weighted by molar-refractivity contribution is 0.669. The van der Waals surface area contributed by atoms with Crippen molar-refractivity contribution in [2.24, 2.45) is 0 Å². The molecule has 0 unspecified atom stereocenters. The molecule has 7 nitrogen and oxygen atoms in total. The van der Waals surface area contributed by atoms with Crippen LogP contribution in [0.25, 0.3) is 178 Å². The highest BCUT2D eigenvalue weighted by Gasteiger charge is 2.25. The molecule has 0 radical (unpaired) electrons. The number of aromatic nitrogens is 5. The third-order valence-corrected chi connectivity index (χ3v) is 17.6. The first-order chi connectivity index (χ1) is 43.6. The van der Waals surface area contributed by atoms with E-state index in [0.29, 0.717) is 17.5 Å². The van der Waals surface area contributed by atoms with Gasteiger partial charge in [-0.05, 0) is 143 Å². The van der Waals surface area contributed by atoms with Gasteiger partial charge in [0.15, 0.2) is 17.5 Å². The zero-order chi connectivity index (χ0) is 57.8. The molecular formula is C81H49N5O2. The molecule has 0 fully saturated rings. The van der Waals surface area contributed by atoms with E-state index >= 15 is 0 Å². The van der Waals surface area contributed by atoms with Crippen molar-refractivity contribution < 1.29 is 8.83 Å². The minimum absolute atomic E-state index is 0.522. The molecule has 88 heavy (non-hydrogen) atoms. The number of furan rings is 2. The largest absolute Gasteiger partial charge is 0.455 e. The van der Waals surface area contributed by atoms with Crippen LogP contribution >= 0.6 is 0 Å². The summed E-state index contributed by atoms with van der Waals surface area (Å²) in [4.78, 5) is 16.5.